The molecule has 6 heteroatoms. The average molecular weight is 324 g/mol. The maximum Gasteiger partial charge on any atom is 0.180 e. The lowest BCUT2D eigenvalue weighted by Crippen LogP contribution is -2.00. The zero-order valence-electron chi connectivity index (χ0n) is 14.2. The van der Waals surface area contributed by atoms with E-state index < -0.39 is 6.10 Å². The van der Waals surface area contributed by atoms with E-state index in [1.54, 1.807) is 19.3 Å². The van der Waals surface area contributed by atoms with Crippen LogP contribution in [0.5, 0.6) is 0 Å². The van der Waals surface area contributed by atoms with E-state index in [-0.39, 0.29) is 5.78 Å². The lowest BCUT2D eigenvalue weighted by Gasteiger charge is -2.08. The molecule has 0 aliphatic heterocycles. The smallest absolute Gasteiger partial charge is 0.180 e. The largest absolute Gasteiger partial charge is 0.385 e. The van der Waals surface area contributed by atoms with Crippen molar-refractivity contribution in [3.63, 3.8) is 0 Å². The molecule has 0 aliphatic rings. The van der Waals surface area contributed by atoms with Gasteiger partial charge in [0.1, 0.15) is 11.8 Å². The Labute approximate surface area is 140 Å². The topological polar surface area (TPSA) is 80.9 Å². The minimum Gasteiger partial charge on any atom is -0.385 e. The van der Waals surface area contributed by atoms with Gasteiger partial charge in [-0.15, -0.1) is 0 Å². The van der Waals surface area contributed by atoms with E-state index in [0.717, 1.165) is 27.6 Å². The van der Waals surface area contributed by atoms with Gasteiger partial charge in [-0.1, -0.05) is 0 Å². The van der Waals surface area contributed by atoms with Crippen molar-refractivity contribution in [1.29, 1.82) is 0 Å². The molecule has 2 aromatic heterocycles. The summed E-state index contributed by atoms with van der Waals surface area (Å²) in [6.45, 7) is 7.88. The zero-order valence-corrected chi connectivity index (χ0v) is 14.2. The summed E-state index contributed by atoms with van der Waals surface area (Å²) in [5.74, 6) is 0.337. The second kappa shape index (κ2) is 6.13. The first kappa shape index (κ1) is 16.3. The summed E-state index contributed by atoms with van der Waals surface area (Å²) >= 11 is 0. The fourth-order valence-corrected chi connectivity index (χ4v) is 2.89. The van der Waals surface area contributed by atoms with Gasteiger partial charge in [0, 0.05) is 36.8 Å². The van der Waals surface area contributed by atoms with E-state index in [9.17, 15) is 9.90 Å². The van der Waals surface area contributed by atoms with E-state index in [1.807, 2.05) is 30.7 Å². The van der Waals surface area contributed by atoms with Crippen LogP contribution in [0.4, 0.5) is 0 Å². The molecular formula is C18H20N4O2. The molecule has 1 atom stereocenters. The van der Waals surface area contributed by atoms with Crippen molar-refractivity contribution in [3.05, 3.63) is 41.6 Å². The molecule has 3 aromatic rings. The molecule has 0 spiro atoms. The lowest BCUT2D eigenvalue weighted by atomic mass is 10.0. The number of ketones is 1. The quantitative estimate of drug-likeness (QED) is 0.746. The Morgan fingerprint density at radius 2 is 1.92 bits per heavy atom. The number of benzene rings is 1. The minimum atomic E-state index is -0.699. The van der Waals surface area contributed by atoms with E-state index >= 15 is 0 Å². The molecule has 24 heavy (non-hydrogen) atoms. The Morgan fingerprint density at radius 3 is 2.46 bits per heavy atom. The maximum atomic E-state index is 11.9. The monoisotopic (exact) mass is 324 g/mol. The van der Waals surface area contributed by atoms with Crippen LogP contribution in [-0.2, 0) is 6.54 Å². The summed E-state index contributed by atoms with van der Waals surface area (Å²) in [6, 6.07) is 4.00. The predicted octanol–water partition coefficient (Wildman–Crippen LogP) is 3.08. The number of Topliss-reactive ketones (excluding diaryl/α,β-unsaturated/α-hetero) is 1. The number of carbonyl (C=O) groups is 1. The van der Waals surface area contributed by atoms with Crippen molar-refractivity contribution < 1.29 is 9.90 Å². The number of hydrogen-bond acceptors (Lipinski definition) is 5. The standard InChI is InChI=1S/C18H20N4O2/c1-5-22-17-10(2)6-13(7-15(17)16(21-22)11(3)23)14-8-19-18(12(4)24)20-9-14/h6-9,12,24H,5H2,1-4H3/t12-/m0/s1. The highest BCUT2D eigenvalue weighted by Gasteiger charge is 2.17. The molecular weight excluding hydrogens is 304 g/mol. The van der Waals surface area contributed by atoms with Crippen LogP contribution < -0.4 is 0 Å². The van der Waals surface area contributed by atoms with E-state index in [1.165, 1.54) is 6.92 Å². The molecule has 2 heterocycles. The number of hydrogen-bond donors (Lipinski definition) is 1. The fraction of sp³-hybridized carbons (Fsp3) is 0.333. The number of carbonyl (C=O) groups excluding carboxylic acids is 1. The minimum absolute atomic E-state index is 0.0514. The number of aliphatic hydroxyl groups is 1. The van der Waals surface area contributed by atoms with Gasteiger partial charge in [-0.3, -0.25) is 9.48 Å². The highest BCUT2D eigenvalue weighted by atomic mass is 16.3. The third kappa shape index (κ3) is 2.69. The normalized spacial score (nSPS) is 12.5. The van der Waals surface area contributed by atoms with Gasteiger partial charge in [0.05, 0.1) is 5.52 Å². The molecule has 0 fully saturated rings. The molecule has 3 rings (SSSR count). The molecule has 0 amide bonds. The van der Waals surface area contributed by atoms with Crippen molar-refractivity contribution in [1.82, 2.24) is 19.7 Å². The van der Waals surface area contributed by atoms with Crippen molar-refractivity contribution >= 4 is 16.7 Å². The Bertz CT molecular complexity index is 911. The maximum absolute atomic E-state index is 11.9. The fourth-order valence-electron chi connectivity index (χ4n) is 2.89. The van der Waals surface area contributed by atoms with Gasteiger partial charge in [-0.25, -0.2) is 9.97 Å². The van der Waals surface area contributed by atoms with Crippen LogP contribution in [0.1, 0.15) is 48.8 Å². The van der Waals surface area contributed by atoms with Crippen LogP contribution in [0.15, 0.2) is 24.5 Å². The summed E-state index contributed by atoms with van der Waals surface area (Å²) in [6.07, 6.45) is 2.68. The van der Waals surface area contributed by atoms with E-state index in [2.05, 4.69) is 15.1 Å². The predicted molar refractivity (Wildman–Crippen MR) is 91.8 cm³/mol. The highest BCUT2D eigenvalue weighted by Crippen LogP contribution is 2.29. The van der Waals surface area contributed by atoms with Crippen LogP contribution in [0.3, 0.4) is 0 Å². The second-order valence-corrected chi connectivity index (χ2v) is 5.92. The zero-order chi connectivity index (χ0) is 17.4. The molecule has 1 N–H and O–H groups in total. The van der Waals surface area contributed by atoms with Crippen LogP contribution >= 0.6 is 0 Å². The summed E-state index contributed by atoms with van der Waals surface area (Å²) in [5, 5.41) is 14.8. The SMILES string of the molecule is CCn1nc(C(C)=O)c2cc(-c3cnc([C@H](C)O)nc3)cc(C)c21. The van der Waals surface area contributed by atoms with Crippen LogP contribution in [-0.4, -0.2) is 30.6 Å². The average Bonchev–Trinajstić information content (AvgIpc) is 2.94. The Morgan fingerprint density at radius 1 is 1.25 bits per heavy atom. The summed E-state index contributed by atoms with van der Waals surface area (Å²) in [4.78, 5) is 20.3. The second-order valence-electron chi connectivity index (χ2n) is 5.92. The Hall–Kier alpha value is -2.60. The van der Waals surface area contributed by atoms with E-state index in [0.29, 0.717) is 18.1 Å². The Balaban J connectivity index is 2.19. The number of aromatic nitrogens is 4. The first-order valence-electron chi connectivity index (χ1n) is 7.94. The summed E-state index contributed by atoms with van der Waals surface area (Å²) < 4.78 is 1.86. The van der Waals surface area contributed by atoms with E-state index in [4.69, 9.17) is 0 Å². The van der Waals surface area contributed by atoms with Gasteiger partial charge in [0.25, 0.3) is 0 Å². The highest BCUT2D eigenvalue weighted by molar-refractivity contribution is 6.06. The molecule has 6 nitrogen and oxygen atoms in total. The van der Waals surface area contributed by atoms with Gasteiger partial charge in [-0.05, 0) is 44.0 Å². The van der Waals surface area contributed by atoms with Gasteiger partial charge >= 0.3 is 0 Å². The number of aryl methyl sites for hydroxylation is 2. The van der Waals surface area contributed by atoms with Gasteiger partial charge < -0.3 is 5.11 Å². The number of aliphatic hydroxyl groups excluding tert-OH is 1. The Kier molecular flexibility index (Phi) is 4.15. The third-order valence-electron chi connectivity index (χ3n) is 4.05. The van der Waals surface area contributed by atoms with Crippen LogP contribution in [0, 0.1) is 6.92 Å². The van der Waals surface area contributed by atoms with Gasteiger partial charge in [-0.2, -0.15) is 5.10 Å². The van der Waals surface area contributed by atoms with Crippen LogP contribution in [0.2, 0.25) is 0 Å². The molecule has 0 radical (unpaired) electrons. The molecule has 124 valence electrons. The molecule has 0 bridgehead atoms. The van der Waals surface area contributed by atoms with Crippen molar-refractivity contribution in [3.8, 4) is 11.1 Å². The molecule has 1 aromatic carbocycles. The van der Waals surface area contributed by atoms with Crippen LogP contribution in [0.25, 0.3) is 22.0 Å². The molecule has 0 unspecified atom stereocenters. The molecule has 0 saturated heterocycles. The number of nitrogens with zero attached hydrogens (tertiary/aromatic N) is 4. The number of rotatable bonds is 4. The first-order chi connectivity index (χ1) is 11.4. The molecule has 0 saturated carbocycles. The third-order valence-corrected chi connectivity index (χ3v) is 4.05. The first-order valence-corrected chi connectivity index (χ1v) is 7.94. The van der Waals surface area contributed by atoms with Crippen molar-refractivity contribution in [2.75, 3.05) is 0 Å². The van der Waals surface area contributed by atoms with Gasteiger partial charge in [0.15, 0.2) is 11.6 Å². The summed E-state index contributed by atoms with van der Waals surface area (Å²) in [5.41, 5.74) is 4.27. The molecule has 0 aliphatic carbocycles. The van der Waals surface area contributed by atoms with Crippen molar-refractivity contribution in [2.45, 2.75) is 40.3 Å². The number of fused-ring (bicyclic) bond motifs is 1. The summed E-state index contributed by atoms with van der Waals surface area (Å²) in [7, 11) is 0. The van der Waals surface area contributed by atoms with Gasteiger partial charge in [0.2, 0.25) is 0 Å². The lowest BCUT2D eigenvalue weighted by molar-refractivity contribution is 0.101. The van der Waals surface area contributed by atoms with Crippen molar-refractivity contribution in [2.24, 2.45) is 0 Å².